The monoisotopic (exact) mass is 532 g/mol. The summed E-state index contributed by atoms with van der Waals surface area (Å²) >= 11 is 0. The Balaban J connectivity index is 1.65. The maximum Gasteiger partial charge on any atom is 0.332 e. The molecular formula is C30H33FN4O4. The van der Waals surface area contributed by atoms with Gasteiger partial charge < -0.3 is 20.1 Å². The summed E-state index contributed by atoms with van der Waals surface area (Å²) in [6.07, 6.45) is 1.000. The summed E-state index contributed by atoms with van der Waals surface area (Å²) in [6.45, 7) is 0.533. The first-order valence-corrected chi connectivity index (χ1v) is 12.8. The quantitative estimate of drug-likeness (QED) is 0.325. The van der Waals surface area contributed by atoms with Gasteiger partial charge in [0.25, 0.3) is 0 Å². The van der Waals surface area contributed by atoms with Crippen molar-refractivity contribution in [1.29, 1.82) is 0 Å². The molecule has 4 rings (SSSR count). The number of likely N-dealkylation sites (tertiary alicyclic amines) is 1. The van der Waals surface area contributed by atoms with E-state index in [9.17, 15) is 23.9 Å². The van der Waals surface area contributed by atoms with Crippen molar-refractivity contribution in [3.8, 4) is 5.75 Å². The predicted octanol–water partition coefficient (Wildman–Crippen LogP) is 3.60. The van der Waals surface area contributed by atoms with E-state index in [-0.39, 0.29) is 31.2 Å². The summed E-state index contributed by atoms with van der Waals surface area (Å²) in [5, 5.41) is 15.7. The molecule has 0 aromatic heterocycles. The Hall–Kier alpha value is -4.24. The number of amides is 3. The average Bonchev–Trinajstić information content (AvgIpc) is 2.92. The minimum absolute atomic E-state index is 0.0973. The second-order valence-electron chi connectivity index (χ2n) is 9.94. The number of nitrogens with one attached hydrogen (secondary N) is 1. The van der Waals surface area contributed by atoms with Gasteiger partial charge in [-0.2, -0.15) is 0 Å². The van der Waals surface area contributed by atoms with Gasteiger partial charge in [0.2, 0.25) is 5.91 Å². The van der Waals surface area contributed by atoms with Crippen molar-refractivity contribution in [2.24, 2.45) is 11.8 Å². The zero-order valence-electron chi connectivity index (χ0n) is 22.0. The van der Waals surface area contributed by atoms with Crippen LogP contribution in [-0.4, -0.2) is 64.9 Å². The molecule has 1 fully saturated rings. The molecule has 0 radical (unpaired) electrons. The summed E-state index contributed by atoms with van der Waals surface area (Å²) in [4.78, 5) is 41.4. The van der Waals surface area contributed by atoms with E-state index in [1.165, 1.54) is 29.3 Å². The number of carbonyl (C=O) groups excluding carboxylic acids is 3. The lowest BCUT2D eigenvalue weighted by Crippen LogP contribution is -2.64. The Morgan fingerprint density at radius 2 is 1.72 bits per heavy atom. The maximum absolute atomic E-state index is 13.9. The van der Waals surface area contributed by atoms with Crippen LogP contribution in [0.1, 0.15) is 16.7 Å². The standard InChI is InChI=1S/C30H33FN4O4/c1-33(2)35(30(39)32-17-22-7-4-3-5-8-22)28-19-34(18-23-9-6-10-24(31)15-23)29(38)26(27(28)20-36)16-21-11-13-25(37)14-12-21/h3-15,20,26-28,37H,16-19H2,1-2H3,(H,32,39)/t26-,27?,28?/m1/s1. The molecule has 3 atom stereocenters. The molecule has 0 saturated carbocycles. The third-order valence-corrected chi connectivity index (χ3v) is 7.00. The third-order valence-electron chi connectivity index (χ3n) is 7.00. The van der Waals surface area contributed by atoms with Crippen LogP contribution in [0.5, 0.6) is 5.75 Å². The summed E-state index contributed by atoms with van der Waals surface area (Å²) in [7, 11) is 3.43. The van der Waals surface area contributed by atoms with Gasteiger partial charge in [0.05, 0.1) is 17.9 Å². The lowest BCUT2D eigenvalue weighted by Gasteiger charge is -2.47. The Morgan fingerprint density at radius 3 is 2.36 bits per heavy atom. The van der Waals surface area contributed by atoms with Crippen molar-refractivity contribution in [3.05, 3.63) is 101 Å². The number of halogens is 1. The molecule has 1 aliphatic rings. The molecule has 39 heavy (non-hydrogen) atoms. The molecule has 3 amide bonds. The highest BCUT2D eigenvalue weighted by Crippen LogP contribution is 2.32. The first kappa shape index (κ1) is 27.8. The Kier molecular flexibility index (Phi) is 8.93. The molecule has 3 aromatic rings. The normalized spacial score (nSPS) is 19.1. The van der Waals surface area contributed by atoms with Crippen LogP contribution in [0.15, 0.2) is 78.9 Å². The van der Waals surface area contributed by atoms with Crippen molar-refractivity contribution in [3.63, 3.8) is 0 Å². The molecular weight excluding hydrogens is 499 g/mol. The number of urea groups is 1. The molecule has 2 unspecified atom stereocenters. The van der Waals surface area contributed by atoms with Gasteiger partial charge >= 0.3 is 6.03 Å². The topological polar surface area (TPSA) is 93.2 Å². The van der Waals surface area contributed by atoms with Crippen LogP contribution < -0.4 is 5.32 Å². The van der Waals surface area contributed by atoms with Gasteiger partial charge in [-0.1, -0.05) is 54.6 Å². The van der Waals surface area contributed by atoms with E-state index in [4.69, 9.17) is 0 Å². The van der Waals surface area contributed by atoms with Crippen LogP contribution in [0.4, 0.5) is 9.18 Å². The fraction of sp³-hybridized carbons (Fsp3) is 0.300. The summed E-state index contributed by atoms with van der Waals surface area (Å²) in [5.41, 5.74) is 2.31. The summed E-state index contributed by atoms with van der Waals surface area (Å²) in [5.74, 6) is -2.11. The number of carbonyl (C=O) groups is 3. The fourth-order valence-electron chi connectivity index (χ4n) is 5.12. The second kappa shape index (κ2) is 12.5. The van der Waals surface area contributed by atoms with Crippen LogP contribution in [0.2, 0.25) is 0 Å². The van der Waals surface area contributed by atoms with Crippen molar-refractivity contribution in [2.45, 2.75) is 25.6 Å². The molecule has 0 spiro atoms. The van der Waals surface area contributed by atoms with E-state index in [0.717, 1.165) is 17.4 Å². The molecule has 1 heterocycles. The van der Waals surface area contributed by atoms with Crippen molar-refractivity contribution in [2.75, 3.05) is 20.6 Å². The smallest absolute Gasteiger partial charge is 0.332 e. The highest BCUT2D eigenvalue weighted by atomic mass is 19.1. The van der Waals surface area contributed by atoms with Crippen LogP contribution in [0.3, 0.4) is 0 Å². The van der Waals surface area contributed by atoms with E-state index in [0.29, 0.717) is 12.1 Å². The van der Waals surface area contributed by atoms with Crippen molar-refractivity contribution >= 4 is 18.2 Å². The SMILES string of the molecule is CN(C)N(C(=O)NCc1ccccc1)C1CN(Cc2cccc(F)c2)C(=O)[C@H](Cc2ccc(O)cc2)C1C=O. The zero-order chi connectivity index (χ0) is 27.9. The van der Waals surface area contributed by atoms with Crippen LogP contribution in [0.25, 0.3) is 0 Å². The van der Waals surface area contributed by atoms with Crippen LogP contribution in [0, 0.1) is 17.7 Å². The molecule has 9 heteroatoms. The molecule has 1 saturated heterocycles. The van der Waals surface area contributed by atoms with E-state index in [1.807, 2.05) is 30.3 Å². The lowest BCUT2D eigenvalue weighted by atomic mass is 9.78. The first-order chi connectivity index (χ1) is 18.8. The Labute approximate surface area is 227 Å². The Morgan fingerprint density at radius 1 is 1.03 bits per heavy atom. The number of piperidine rings is 1. The van der Waals surface area contributed by atoms with Crippen LogP contribution in [-0.2, 0) is 29.1 Å². The molecule has 0 bridgehead atoms. The van der Waals surface area contributed by atoms with Gasteiger partial charge in [0.1, 0.15) is 17.9 Å². The molecule has 8 nitrogen and oxygen atoms in total. The Bertz CT molecular complexity index is 1290. The minimum Gasteiger partial charge on any atom is -0.508 e. The van der Waals surface area contributed by atoms with E-state index in [2.05, 4.69) is 5.32 Å². The highest BCUT2D eigenvalue weighted by molar-refractivity contribution is 5.85. The van der Waals surface area contributed by atoms with E-state index >= 15 is 0 Å². The summed E-state index contributed by atoms with van der Waals surface area (Å²) < 4.78 is 13.9. The number of phenols is 1. The number of benzene rings is 3. The third kappa shape index (κ3) is 6.80. The number of aromatic hydroxyl groups is 1. The van der Waals surface area contributed by atoms with Crippen molar-refractivity contribution in [1.82, 2.24) is 20.2 Å². The molecule has 2 N–H and O–H groups in total. The number of hydrogen-bond acceptors (Lipinski definition) is 5. The molecule has 0 aliphatic carbocycles. The number of nitrogens with zero attached hydrogens (tertiary/aromatic N) is 3. The number of hydrazine groups is 1. The molecule has 3 aromatic carbocycles. The van der Waals surface area contributed by atoms with E-state index in [1.54, 1.807) is 48.3 Å². The van der Waals surface area contributed by atoms with Gasteiger partial charge in [-0.25, -0.2) is 14.2 Å². The predicted molar refractivity (Wildman–Crippen MR) is 145 cm³/mol. The number of aldehydes is 1. The van der Waals surface area contributed by atoms with Gasteiger partial charge in [-0.05, 0) is 47.4 Å². The highest BCUT2D eigenvalue weighted by Gasteiger charge is 2.46. The van der Waals surface area contributed by atoms with Gasteiger partial charge in [0.15, 0.2) is 0 Å². The zero-order valence-corrected chi connectivity index (χ0v) is 22.0. The van der Waals surface area contributed by atoms with E-state index < -0.39 is 29.7 Å². The average molecular weight is 533 g/mol. The van der Waals surface area contributed by atoms with Crippen molar-refractivity contribution < 1.29 is 23.9 Å². The number of phenolic OH excluding ortho intramolecular Hbond substituents is 1. The second-order valence-corrected chi connectivity index (χ2v) is 9.94. The fourth-order valence-corrected chi connectivity index (χ4v) is 5.12. The van der Waals surface area contributed by atoms with Gasteiger partial charge in [-0.15, -0.1) is 0 Å². The molecule has 1 aliphatic heterocycles. The number of hydrogen-bond donors (Lipinski definition) is 2. The van der Waals surface area contributed by atoms with Gasteiger partial charge in [-0.3, -0.25) is 9.80 Å². The largest absolute Gasteiger partial charge is 0.508 e. The number of rotatable bonds is 9. The van der Waals surface area contributed by atoms with Gasteiger partial charge in [0, 0.05) is 33.7 Å². The minimum atomic E-state index is -0.792. The maximum atomic E-state index is 13.9. The summed E-state index contributed by atoms with van der Waals surface area (Å²) in [6, 6.07) is 20.9. The van der Waals surface area contributed by atoms with Crippen LogP contribution >= 0.6 is 0 Å². The lowest BCUT2D eigenvalue weighted by molar-refractivity contribution is -0.152. The first-order valence-electron chi connectivity index (χ1n) is 12.8. The molecule has 204 valence electrons.